The first-order valence-corrected chi connectivity index (χ1v) is 5.47. The quantitative estimate of drug-likeness (QED) is 0.862. The molecule has 0 amide bonds. The number of methoxy groups -OCH3 is 2. The molecule has 0 aliphatic carbocycles. The highest BCUT2D eigenvalue weighted by Gasteiger charge is 2.17. The summed E-state index contributed by atoms with van der Waals surface area (Å²) in [5.74, 6) is 1.47. The average molecular weight is 249 g/mol. The van der Waals surface area contributed by atoms with Crippen LogP contribution in [0.2, 0.25) is 0 Å². The normalized spacial score (nSPS) is 12.4. The Morgan fingerprint density at radius 3 is 2.83 bits per heavy atom. The van der Waals surface area contributed by atoms with Crippen molar-refractivity contribution in [2.75, 3.05) is 20.8 Å². The first kappa shape index (κ1) is 12.5. The molecule has 0 radical (unpaired) electrons. The summed E-state index contributed by atoms with van der Waals surface area (Å²) in [4.78, 5) is 4.24. The second kappa shape index (κ2) is 5.61. The zero-order chi connectivity index (χ0) is 13.0. The summed E-state index contributed by atoms with van der Waals surface area (Å²) < 4.78 is 15.4. The van der Waals surface area contributed by atoms with Gasteiger partial charge in [0.15, 0.2) is 5.82 Å². The summed E-state index contributed by atoms with van der Waals surface area (Å²) in [7, 11) is 3.16. The Balaban J connectivity index is 2.29. The fourth-order valence-electron chi connectivity index (χ4n) is 1.57. The highest BCUT2D eigenvalue weighted by atomic mass is 16.5. The minimum Gasteiger partial charge on any atom is -0.496 e. The van der Waals surface area contributed by atoms with Crippen molar-refractivity contribution in [3.63, 3.8) is 0 Å². The van der Waals surface area contributed by atoms with Gasteiger partial charge in [0.2, 0.25) is 0 Å². The van der Waals surface area contributed by atoms with Gasteiger partial charge in [0.05, 0.1) is 25.3 Å². The van der Waals surface area contributed by atoms with E-state index in [0.29, 0.717) is 24.1 Å². The van der Waals surface area contributed by atoms with Gasteiger partial charge in [-0.05, 0) is 12.1 Å². The number of nitrogens with zero attached hydrogens (tertiary/aromatic N) is 2. The SMILES string of the molecule is COCC(N)c1noc(-c2ccccc2OC)n1. The molecule has 0 fully saturated rings. The average Bonchev–Trinajstić information content (AvgIpc) is 2.88. The van der Waals surface area contributed by atoms with Crippen LogP contribution in [0.5, 0.6) is 5.75 Å². The summed E-state index contributed by atoms with van der Waals surface area (Å²) in [6, 6.07) is 7.02. The number of hydrogen-bond donors (Lipinski definition) is 1. The molecule has 96 valence electrons. The molecule has 1 unspecified atom stereocenters. The highest BCUT2D eigenvalue weighted by Crippen LogP contribution is 2.28. The number of para-hydroxylation sites is 1. The molecule has 0 saturated heterocycles. The Morgan fingerprint density at radius 2 is 2.11 bits per heavy atom. The van der Waals surface area contributed by atoms with Gasteiger partial charge in [-0.3, -0.25) is 0 Å². The molecule has 0 bridgehead atoms. The monoisotopic (exact) mass is 249 g/mol. The van der Waals surface area contributed by atoms with Crippen molar-refractivity contribution in [1.29, 1.82) is 0 Å². The second-order valence-electron chi connectivity index (χ2n) is 3.72. The summed E-state index contributed by atoms with van der Waals surface area (Å²) in [6.07, 6.45) is 0. The third kappa shape index (κ3) is 2.49. The van der Waals surface area contributed by atoms with Gasteiger partial charge >= 0.3 is 0 Å². The summed E-state index contributed by atoms with van der Waals surface area (Å²) in [6.45, 7) is 0.338. The molecule has 1 atom stereocenters. The fourth-order valence-corrected chi connectivity index (χ4v) is 1.57. The van der Waals surface area contributed by atoms with E-state index in [1.165, 1.54) is 0 Å². The van der Waals surface area contributed by atoms with Crippen LogP contribution in [0, 0.1) is 0 Å². The highest BCUT2D eigenvalue weighted by molar-refractivity contribution is 5.62. The Hall–Kier alpha value is -1.92. The summed E-state index contributed by atoms with van der Waals surface area (Å²) >= 11 is 0. The first-order chi connectivity index (χ1) is 8.76. The lowest BCUT2D eigenvalue weighted by molar-refractivity contribution is 0.177. The smallest absolute Gasteiger partial charge is 0.261 e. The zero-order valence-electron chi connectivity index (χ0n) is 10.3. The van der Waals surface area contributed by atoms with Crippen LogP contribution in [0.3, 0.4) is 0 Å². The molecular weight excluding hydrogens is 234 g/mol. The number of rotatable bonds is 5. The molecule has 18 heavy (non-hydrogen) atoms. The zero-order valence-corrected chi connectivity index (χ0v) is 10.3. The van der Waals surface area contributed by atoms with Gasteiger partial charge in [-0.15, -0.1) is 0 Å². The number of aromatic nitrogens is 2. The third-order valence-electron chi connectivity index (χ3n) is 2.46. The van der Waals surface area contributed by atoms with Crippen LogP contribution in [0.4, 0.5) is 0 Å². The summed E-state index contributed by atoms with van der Waals surface area (Å²) in [5.41, 5.74) is 6.57. The van der Waals surface area contributed by atoms with Crippen LogP contribution in [-0.4, -0.2) is 31.0 Å². The topological polar surface area (TPSA) is 83.4 Å². The van der Waals surface area contributed by atoms with Crippen LogP contribution in [0.25, 0.3) is 11.5 Å². The molecular formula is C12H15N3O3. The van der Waals surface area contributed by atoms with Crippen molar-refractivity contribution in [2.24, 2.45) is 5.73 Å². The van der Waals surface area contributed by atoms with Crippen molar-refractivity contribution in [3.05, 3.63) is 30.1 Å². The van der Waals surface area contributed by atoms with Crippen molar-refractivity contribution in [1.82, 2.24) is 10.1 Å². The Morgan fingerprint density at radius 1 is 1.33 bits per heavy atom. The van der Waals surface area contributed by atoms with Gasteiger partial charge < -0.3 is 19.7 Å². The van der Waals surface area contributed by atoms with Crippen molar-refractivity contribution in [3.8, 4) is 17.2 Å². The molecule has 1 aromatic heterocycles. The van der Waals surface area contributed by atoms with E-state index in [4.69, 9.17) is 19.7 Å². The lowest BCUT2D eigenvalue weighted by atomic mass is 10.2. The molecule has 1 heterocycles. The minimum absolute atomic E-state index is 0.338. The number of nitrogens with two attached hydrogens (primary N) is 1. The first-order valence-electron chi connectivity index (χ1n) is 5.47. The van der Waals surface area contributed by atoms with E-state index in [1.807, 2.05) is 24.3 Å². The maximum absolute atomic E-state index is 5.83. The molecule has 0 aliphatic heterocycles. The van der Waals surface area contributed by atoms with E-state index in [-0.39, 0.29) is 0 Å². The lowest BCUT2D eigenvalue weighted by Gasteiger charge is -2.04. The van der Waals surface area contributed by atoms with E-state index in [9.17, 15) is 0 Å². The molecule has 0 saturated carbocycles. The predicted molar refractivity (Wildman–Crippen MR) is 65.1 cm³/mol. The molecule has 2 rings (SSSR count). The second-order valence-corrected chi connectivity index (χ2v) is 3.72. The van der Waals surface area contributed by atoms with E-state index in [2.05, 4.69) is 10.1 Å². The standard InChI is InChI=1S/C12H15N3O3/c1-16-7-9(13)11-14-12(18-15-11)8-5-3-4-6-10(8)17-2/h3-6,9H,7,13H2,1-2H3. The van der Waals surface area contributed by atoms with Crippen LogP contribution in [-0.2, 0) is 4.74 Å². The van der Waals surface area contributed by atoms with Crippen LogP contribution >= 0.6 is 0 Å². The number of benzene rings is 1. The largest absolute Gasteiger partial charge is 0.496 e. The van der Waals surface area contributed by atoms with Gasteiger partial charge in [-0.25, -0.2) is 0 Å². The Labute approximate surface area is 105 Å². The van der Waals surface area contributed by atoms with Gasteiger partial charge in [-0.2, -0.15) is 4.98 Å². The molecule has 2 N–H and O–H groups in total. The molecule has 6 nitrogen and oxygen atoms in total. The lowest BCUT2D eigenvalue weighted by Crippen LogP contribution is -2.17. The fraction of sp³-hybridized carbons (Fsp3) is 0.333. The van der Waals surface area contributed by atoms with Gasteiger partial charge in [0.25, 0.3) is 5.89 Å². The minimum atomic E-state index is -0.401. The van der Waals surface area contributed by atoms with Crippen molar-refractivity contribution < 1.29 is 14.0 Å². The van der Waals surface area contributed by atoms with Crippen LogP contribution < -0.4 is 10.5 Å². The van der Waals surface area contributed by atoms with Gasteiger partial charge in [-0.1, -0.05) is 17.3 Å². The van der Waals surface area contributed by atoms with E-state index < -0.39 is 6.04 Å². The van der Waals surface area contributed by atoms with E-state index in [1.54, 1.807) is 14.2 Å². The molecule has 2 aromatic rings. The van der Waals surface area contributed by atoms with Crippen LogP contribution in [0.1, 0.15) is 11.9 Å². The van der Waals surface area contributed by atoms with Crippen LogP contribution in [0.15, 0.2) is 28.8 Å². The Bertz CT molecular complexity index is 513. The maximum atomic E-state index is 5.83. The molecule has 0 spiro atoms. The summed E-state index contributed by atoms with van der Waals surface area (Å²) in [5, 5.41) is 3.84. The predicted octanol–water partition coefficient (Wildman–Crippen LogP) is 1.39. The van der Waals surface area contributed by atoms with E-state index >= 15 is 0 Å². The Kier molecular flexibility index (Phi) is 3.91. The van der Waals surface area contributed by atoms with Crippen molar-refractivity contribution in [2.45, 2.75) is 6.04 Å². The van der Waals surface area contributed by atoms with E-state index in [0.717, 1.165) is 5.56 Å². The van der Waals surface area contributed by atoms with Gasteiger partial charge in [0.1, 0.15) is 5.75 Å². The van der Waals surface area contributed by atoms with Crippen molar-refractivity contribution >= 4 is 0 Å². The number of hydrogen-bond acceptors (Lipinski definition) is 6. The number of ether oxygens (including phenoxy) is 2. The third-order valence-corrected chi connectivity index (χ3v) is 2.46. The molecule has 1 aromatic carbocycles. The molecule has 6 heteroatoms. The molecule has 0 aliphatic rings. The maximum Gasteiger partial charge on any atom is 0.261 e. The van der Waals surface area contributed by atoms with Gasteiger partial charge in [0, 0.05) is 7.11 Å².